The van der Waals surface area contributed by atoms with E-state index in [1.165, 1.54) is 0 Å². The molecular formula is C9H12ClNO3. The molecule has 0 aliphatic rings. The van der Waals surface area contributed by atoms with E-state index in [1.807, 2.05) is 0 Å². The van der Waals surface area contributed by atoms with E-state index in [0.717, 1.165) is 5.56 Å². The Morgan fingerprint density at radius 3 is 2.57 bits per heavy atom. The molecule has 1 aromatic rings. The van der Waals surface area contributed by atoms with Crippen LogP contribution in [0.1, 0.15) is 29.5 Å². The zero-order valence-electron chi connectivity index (χ0n) is 8.00. The lowest BCUT2D eigenvalue weighted by molar-refractivity contribution is -0.137. The van der Waals surface area contributed by atoms with Crippen LogP contribution in [0.3, 0.4) is 0 Å². The van der Waals surface area contributed by atoms with E-state index in [1.54, 1.807) is 13.8 Å². The quantitative estimate of drug-likeness (QED) is 0.812. The highest BCUT2D eigenvalue weighted by Crippen LogP contribution is 2.30. The first-order valence-corrected chi connectivity index (χ1v) is 4.54. The standard InChI is InChI=1S/C9H12ClNO3/c1-4-8(10)5(2)14-9(4)6(11)3-7(12)13/h6H,3,11H2,1-2H3,(H,12,13). The summed E-state index contributed by atoms with van der Waals surface area (Å²) in [6, 6.07) is -0.640. The molecule has 1 rings (SSSR count). The molecule has 1 heterocycles. The fraction of sp³-hybridized carbons (Fsp3) is 0.444. The van der Waals surface area contributed by atoms with Crippen molar-refractivity contribution in [3.8, 4) is 0 Å². The summed E-state index contributed by atoms with van der Waals surface area (Å²) in [5.41, 5.74) is 6.37. The van der Waals surface area contributed by atoms with Crippen LogP contribution in [0.5, 0.6) is 0 Å². The van der Waals surface area contributed by atoms with Gasteiger partial charge in [-0.1, -0.05) is 11.6 Å². The van der Waals surface area contributed by atoms with Gasteiger partial charge in [0.05, 0.1) is 17.5 Å². The van der Waals surface area contributed by atoms with Crippen LogP contribution in [-0.4, -0.2) is 11.1 Å². The molecule has 0 aromatic carbocycles. The number of carboxylic acid groups (broad SMARTS) is 1. The Morgan fingerprint density at radius 2 is 2.21 bits per heavy atom. The van der Waals surface area contributed by atoms with Crippen molar-refractivity contribution < 1.29 is 14.3 Å². The Labute approximate surface area is 86.6 Å². The number of aryl methyl sites for hydroxylation is 1. The van der Waals surface area contributed by atoms with Crippen molar-refractivity contribution in [3.05, 3.63) is 22.1 Å². The summed E-state index contributed by atoms with van der Waals surface area (Å²) in [4.78, 5) is 10.4. The molecule has 1 aromatic heterocycles. The molecule has 0 spiro atoms. The lowest BCUT2D eigenvalue weighted by atomic mass is 10.1. The van der Waals surface area contributed by atoms with Crippen molar-refractivity contribution in [1.29, 1.82) is 0 Å². The van der Waals surface area contributed by atoms with Gasteiger partial charge in [0, 0.05) is 5.56 Å². The van der Waals surface area contributed by atoms with Crippen LogP contribution in [0.4, 0.5) is 0 Å². The van der Waals surface area contributed by atoms with Gasteiger partial charge >= 0.3 is 5.97 Å². The van der Waals surface area contributed by atoms with Gasteiger partial charge in [-0.2, -0.15) is 0 Å². The molecule has 1 unspecified atom stereocenters. The first-order chi connectivity index (χ1) is 6.43. The number of furan rings is 1. The van der Waals surface area contributed by atoms with E-state index in [4.69, 9.17) is 26.9 Å². The van der Waals surface area contributed by atoms with Crippen LogP contribution >= 0.6 is 11.6 Å². The van der Waals surface area contributed by atoms with Crippen molar-refractivity contribution in [2.45, 2.75) is 26.3 Å². The summed E-state index contributed by atoms with van der Waals surface area (Å²) in [6.07, 6.45) is -0.163. The fourth-order valence-electron chi connectivity index (χ4n) is 1.29. The molecule has 5 heteroatoms. The largest absolute Gasteiger partial charge is 0.481 e. The second-order valence-corrected chi connectivity index (χ2v) is 3.54. The van der Waals surface area contributed by atoms with Crippen molar-refractivity contribution in [2.24, 2.45) is 5.73 Å². The molecule has 0 aliphatic carbocycles. The zero-order valence-corrected chi connectivity index (χ0v) is 8.76. The summed E-state index contributed by atoms with van der Waals surface area (Å²) in [7, 11) is 0. The molecule has 3 N–H and O–H groups in total. The van der Waals surface area contributed by atoms with Crippen molar-refractivity contribution in [1.82, 2.24) is 0 Å². The third-order valence-electron chi connectivity index (χ3n) is 2.00. The minimum atomic E-state index is -0.956. The van der Waals surface area contributed by atoms with E-state index in [2.05, 4.69) is 0 Å². The summed E-state index contributed by atoms with van der Waals surface area (Å²) in [5, 5.41) is 9.07. The average molecular weight is 218 g/mol. The highest BCUT2D eigenvalue weighted by Gasteiger charge is 2.20. The molecule has 78 valence electrons. The summed E-state index contributed by atoms with van der Waals surface area (Å²) in [6.45, 7) is 3.47. The maximum atomic E-state index is 10.4. The molecular weight excluding hydrogens is 206 g/mol. The van der Waals surface area contributed by atoms with Gasteiger partial charge in [0.15, 0.2) is 0 Å². The van der Waals surface area contributed by atoms with Gasteiger partial charge in [-0.15, -0.1) is 0 Å². The van der Waals surface area contributed by atoms with Crippen LogP contribution in [0.25, 0.3) is 0 Å². The number of rotatable bonds is 3. The lowest BCUT2D eigenvalue weighted by Crippen LogP contribution is -2.15. The predicted octanol–water partition coefficient (Wildman–Crippen LogP) is 2.02. The SMILES string of the molecule is Cc1oc(C(N)CC(=O)O)c(C)c1Cl. The van der Waals surface area contributed by atoms with E-state index in [0.29, 0.717) is 16.5 Å². The van der Waals surface area contributed by atoms with Gasteiger partial charge in [-0.3, -0.25) is 4.79 Å². The van der Waals surface area contributed by atoms with Gasteiger partial charge in [0.1, 0.15) is 11.5 Å². The molecule has 0 fully saturated rings. The number of halogens is 1. The predicted molar refractivity (Wildman–Crippen MR) is 52.4 cm³/mol. The van der Waals surface area contributed by atoms with E-state index >= 15 is 0 Å². The van der Waals surface area contributed by atoms with Crippen molar-refractivity contribution >= 4 is 17.6 Å². The smallest absolute Gasteiger partial charge is 0.305 e. The van der Waals surface area contributed by atoms with Crippen molar-refractivity contribution in [2.75, 3.05) is 0 Å². The molecule has 0 saturated carbocycles. The molecule has 1 atom stereocenters. The maximum absolute atomic E-state index is 10.4. The topological polar surface area (TPSA) is 76.5 Å². The monoisotopic (exact) mass is 217 g/mol. The zero-order chi connectivity index (χ0) is 10.9. The number of carboxylic acids is 1. The molecule has 0 bridgehead atoms. The molecule has 0 radical (unpaired) electrons. The Balaban J connectivity index is 2.95. The van der Waals surface area contributed by atoms with E-state index in [9.17, 15) is 4.79 Å². The Morgan fingerprint density at radius 1 is 1.64 bits per heavy atom. The van der Waals surface area contributed by atoms with Crippen LogP contribution in [0.2, 0.25) is 5.02 Å². The number of nitrogens with two attached hydrogens (primary N) is 1. The second kappa shape index (κ2) is 4.02. The molecule has 0 saturated heterocycles. The number of hydrogen-bond donors (Lipinski definition) is 2. The van der Waals surface area contributed by atoms with Gasteiger partial charge in [0.25, 0.3) is 0 Å². The summed E-state index contributed by atoms with van der Waals surface area (Å²) < 4.78 is 5.29. The van der Waals surface area contributed by atoms with Gasteiger partial charge in [0.2, 0.25) is 0 Å². The maximum Gasteiger partial charge on any atom is 0.305 e. The number of aliphatic carboxylic acids is 1. The minimum Gasteiger partial charge on any atom is -0.481 e. The van der Waals surface area contributed by atoms with Crippen LogP contribution in [0, 0.1) is 13.8 Å². The molecule has 0 aliphatic heterocycles. The molecule has 0 amide bonds. The summed E-state index contributed by atoms with van der Waals surface area (Å²) >= 11 is 5.88. The number of hydrogen-bond acceptors (Lipinski definition) is 3. The lowest BCUT2D eigenvalue weighted by Gasteiger charge is -2.06. The van der Waals surface area contributed by atoms with E-state index in [-0.39, 0.29) is 6.42 Å². The van der Waals surface area contributed by atoms with Gasteiger partial charge in [-0.25, -0.2) is 0 Å². The van der Waals surface area contributed by atoms with Crippen LogP contribution < -0.4 is 5.73 Å². The van der Waals surface area contributed by atoms with Crippen LogP contribution in [-0.2, 0) is 4.79 Å². The molecule has 4 nitrogen and oxygen atoms in total. The fourth-order valence-corrected chi connectivity index (χ4v) is 1.42. The Hall–Kier alpha value is -1.00. The van der Waals surface area contributed by atoms with Gasteiger partial charge in [-0.05, 0) is 13.8 Å². The Bertz CT molecular complexity index is 359. The first-order valence-electron chi connectivity index (χ1n) is 4.16. The second-order valence-electron chi connectivity index (χ2n) is 3.17. The normalized spacial score (nSPS) is 12.9. The third kappa shape index (κ3) is 2.08. The highest BCUT2D eigenvalue weighted by molar-refractivity contribution is 6.32. The summed E-state index contributed by atoms with van der Waals surface area (Å²) in [5.74, 6) is 0.0666. The van der Waals surface area contributed by atoms with Crippen molar-refractivity contribution in [3.63, 3.8) is 0 Å². The first kappa shape index (κ1) is 11.1. The van der Waals surface area contributed by atoms with Gasteiger partial charge < -0.3 is 15.3 Å². The van der Waals surface area contributed by atoms with E-state index < -0.39 is 12.0 Å². The van der Waals surface area contributed by atoms with Crippen LogP contribution in [0.15, 0.2) is 4.42 Å². The Kier molecular flexibility index (Phi) is 3.18. The number of carbonyl (C=O) groups is 1. The molecule has 14 heavy (non-hydrogen) atoms. The highest BCUT2D eigenvalue weighted by atomic mass is 35.5. The third-order valence-corrected chi connectivity index (χ3v) is 2.55. The average Bonchev–Trinajstić information content (AvgIpc) is 2.32. The minimum absolute atomic E-state index is 0.163.